The highest BCUT2D eigenvalue weighted by Gasteiger charge is 2.08. The molecule has 1 rings (SSSR count). The number of unbranched alkanes of at least 4 members (excludes halogenated alkanes) is 25. The van der Waals surface area contributed by atoms with Crippen LogP contribution in [0.4, 0.5) is 0 Å². The van der Waals surface area contributed by atoms with E-state index in [0.29, 0.717) is 0 Å². The molecule has 1 aromatic heterocycles. The van der Waals surface area contributed by atoms with Crippen molar-refractivity contribution >= 4 is 0 Å². The average Bonchev–Trinajstić information content (AvgIpc) is 2.96. The molecule has 0 aliphatic carbocycles. The summed E-state index contributed by atoms with van der Waals surface area (Å²) in [4.78, 5) is 0. The van der Waals surface area contributed by atoms with Gasteiger partial charge in [0.15, 0.2) is 12.4 Å². The van der Waals surface area contributed by atoms with Gasteiger partial charge in [-0.15, -0.1) is 0 Å². The fourth-order valence-electron chi connectivity index (χ4n) is 6.24. The number of hydrogen-bond acceptors (Lipinski definition) is 0. The van der Waals surface area contributed by atoms with Gasteiger partial charge in [-0.1, -0.05) is 175 Å². The summed E-state index contributed by atoms with van der Waals surface area (Å²) in [5.74, 6) is 0. The second kappa shape index (κ2) is 29.6. The van der Waals surface area contributed by atoms with Crippen molar-refractivity contribution in [1.82, 2.24) is 0 Å². The smallest absolute Gasteiger partial charge is 0.171 e. The lowest BCUT2D eigenvalue weighted by molar-refractivity contribution is -0.698. The Morgan fingerprint density at radius 2 is 0.625 bits per heavy atom. The Kier molecular flexibility index (Phi) is 27.5. The third-order valence-electron chi connectivity index (χ3n) is 8.94. The highest BCUT2D eigenvalue weighted by atomic mass is 14.9. The SMILES string of the molecule is CCCCCCCCCCCCCCc1cc(CCCCCCCCCCCCCC)c[n+](CCCCCC)c1. The van der Waals surface area contributed by atoms with Crippen LogP contribution in [0.5, 0.6) is 0 Å². The number of nitrogens with zero attached hydrogens (tertiary/aromatic N) is 1. The topological polar surface area (TPSA) is 3.88 Å². The standard InChI is InChI=1S/C39H74N/c1-4-7-10-13-15-17-19-21-23-25-27-29-32-38-35-39(37-40(36-38)34-31-12-9-6-3)33-30-28-26-24-22-20-18-16-14-11-8-5-2/h35-37H,4-34H2,1-3H3/q+1. The first kappa shape index (κ1) is 37.2. The molecule has 0 fully saturated rings. The molecule has 1 nitrogen and oxygen atoms in total. The van der Waals surface area contributed by atoms with Gasteiger partial charge in [0.25, 0.3) is 0 Å². The lowest BCUT2D eigenvalue weighted by Crippen LogP contribution is -2.34. The summed E-state index contributed by atoms with van der Waals surface area (Å²) >= 11 is 0. The molecule has 0 amide bonds. The third-order valence-corrected chi connectivity index (χ3v) is 8.94. The molecule has 0 N–H and O–H groups in total. The van der Waals surface area contributed by atoms with Gasteiger partial charge in [0.05, 0.1) is 0 Å². The first-order chi connectivity index (χ1) is 19.8. The van der Waals surface area contributed by atoms with Gasteiger partial charge >= 0.3 is 0 Å². The van der Waals surface area contributed by atoms with E-state index in [0.717, 1.165) is 0 Å². The zero-order valence-corrected chi connectivity index (χ0v) is 28.1. The minimum Gasteiger partial charge on any atom is -0.205 e. The molecule has 1 heteroatoms. The normalized spacial score (nSPS) is 11.5. The van der Waals surface area contributed by atoms with Crippen LogP contribution < -0.4 is 4.57 Å². The number of hydrogen-bond donors (Lipinski definition) is 0. The van der Waals surface area contributed by atoms with E-state index in [9.17, 15) is 0 Å². The zero-order chi connectivity index (χ0) is 28.8. The molecule has 0 radical (unpaired) electrons. The Morgan fingerprint density at radius 3 is 0.950 bits per heavy atom. The Labute approximate surface area is 253 Å². The maximum absolute atomic E-state index is 2.56. The lowest BCUT2D eigenvalue weighted by atomic mass is 10.0. The molecule has 0 aliphatic heterocycles. The first-order valence-electron chi connectivity index (χ1n) is 18.8. The highest BCUT2D eigenvalue weighted by molar-refractivity contribution is 5.15. The fourth-order valence-corrected chi connectivity index (χ4v) is 6.24. The van der Waals surface area contributed by atoms with Crippen molar-refractivity contribution < 1.29 is 4.57 Å². The van der Waals surface area contributed by atoms with Gasteiger partial charge in [-0.25, -0.2) is 4.57 Å². The van der Waals surface area contributed by atoms with E-state index < -0.39 is 0 Å². The van der Waals surface area contributed by atoms with Crippen LogP contribution in [0.3, 0.4) is 0 Å². The van der Waals surface area contributed by atoms with Crippen LogP contribution >= 0.6 is 0 Å². The molecule has 0 bridgehead atoms. The number of rotatable bonds is 31. The molecule has 0 saturated heterocycles. The van der Waals surface area contributed by atoms with E-state index in [1.807, 2.05) is 0 Å². The molecule has 0 atom stereocenters. The zero-order valence-electron chi connectivity index (χ0n) is 28.1. The molecule has 234 valence electrons. The van der Waals surface area contributed by atoms with Gasteiger partial charge in [0, 0.05) is 17.5 Å². The molecule has 1 aromatic rings. The molecular weight excluding hydrogens is 482 g/mol. The quantitative estimate of drug-likeness (QED) is 0.0632. The molecule has 1 heterocycles. The predicted octanol–water partition coefficient (Wildman–Crippen LogP) is 13.0. The van der Waals surface area contributed by atoms with Crippen LogP contribution in [0.15, 0.2) is 18.5 Å². The van der Waals surface area contributed by atoms with Crippen molar-refractivity contribution in [2.75, 3.05) is 0 Å². The summed E-state index contributed by atoms with van der Waals surface area (Å²) in [6, 6.07) is 2.56. The van der Waals surface area contributed by atoms with Gasteiger partial charge in [0.1, 0.15) is 6.54 Å². The fraction of sp³-hybridized carbons (Fsp3) is 0.872. The average molecular weight is 557 g/mol. The summed E-state index contributed by atoms with van der Waals surface area (Å²) in [6.07, 6.45) is 47.4. The van der Waals surface area contributed by atoms with Crippen LogP contribution in [-0.2, 0) is 19.4 Å². The highest BCUT2D eigenvalue weighted by Crippen LogP contribution is 2.16. The Hall–Kier alpha value is -0.850. The van der Waals surface area contributed by atoms with Crippen molar-refractivity contribution in [1.29, 1.82) is 0 Å². The predicted molar refractivity (Wildman–Crippen MR) is 180 cm³/mol. The lowest BCUT2D eigenvalue weighted by Gasteiger charge is -2.07. The van der Waals surface area contributed by atoms with Crippen molar-refractivity contribution in [3.63, 3.8) is 0 Å². The van der Waals surface area contributed by atoms with E-state index >= 15 is 0 Å². The van der Waals surface area contributed by atoms with Gasteiger partial charge in [0.2, 0.25) is 0 Å². The Balaban J connectivity index is 2.25. The number of aromatic nitrogens is 1. The number of pyridine rings is 1. The minimum atomic E-state index is 1.21. The van der Waals surface area contributed by atoms with E-state index in [1.165, 1.54) is 199 Å². The molecular formula is C39H74N+. The van der Waals surface area contributed by atoms with Crippen molar-refractivity contribution in [2.24, 2.45) is 0 Å². The summed E-state index contributed by atoms with van der Waals surface area (Å²) in [7, 11) is 0. The summed E-state index contributed by atoms with van der Waals surface area (Å²) in [5, 5.41) is 0. The molecule has 0 saturated carbocycles. The monoisotopic (exact) mass is 557 g/mol. The van der Waals surface area contributed by atoms with Gasteiger partial charge in [-0.3, -0.25) is 0 Å². The molecule has 0 aromatic carbocycles. The van der Waals surface area contributed by atoms with Crippen LogP contribution in [-0.4, -0.2) is 0 Å². The van der Waals surface area contributed by atoms with Gasteiger partial charge < -0.3 is 0 Å². The second-order valence-electron chi connectivity index (χ2n) is 13.1. The largest absolute Gasteiger partial charge is 0.205 e. The minimum absolute atomic E-state index is 1.21. The summed E-state index contributed by atoms with van der Waals surface area (Å²) in [5.41, 5.74) is 3.19. The second-order valence-corrected chi connectivity index (χ2v) is 13.1. The van der Waals surface area contributed by atoms with Gasteiger partial charge in [-0.2, -0.15) is 0 Å². The van der Waals surface area contributed by atoms with Gasteiger partial charge in [-0.05, 0) is 38.2 Å². The maximum Gasteiger partial charge on any atom is 0.171 e. The molecule has 0 aliphatic rings. The van der Waals surface area contributed by atoms with E-state index in [4.69, 9.17) is 0 Å². The summed E-state index contributed by atoms with van der Waals surface area (Å²) < 4.78 is 2.54. The molecule has 0 spiro atoms. The molecule has 40 heavy (non-hydrogen) atoms. The Bertz CT molecular complexity index is 589. The van der Waals surface area contributed by atoms with Crippen molar-refractivity contribution in [3.8, 4) is 0 Å². The van der Waals surface area contributed by atoms with Crippen molar-refractivity contribution in [2.45, 2.75) is 220 Å². The molecule has 0 unspecified atom stereocenters. The van der Waals surface area contributed by atoms with Crippen LogP contribution in [0.1, 0.15) is 212 Å². The van der Waals surface area contributed by atoms with Crippen LogP contribution in [0.25, 0.3) is 0 Å². The van der Waals surface area contributed by atoms with Crippen molar-refractivity contribution in [3.05, 3.63) is 29.6 Å². The first-order valence-corrected chi connectivity index (χ1v) is 18.8. The van der Waals surface area contributed by atoms with Crippen LogP contribution in [0, 0.1) is 0 Å². The Morgan fingerprint density at radius 1 is 0.350 bits per heavy atom. The van der Waals surface area contributed by atoms with E-state index in [1.54, 1.807) is 11.1 Å². The maximum atomic E-state index is 2.56. The number of aryl methyl sites for hydroxylation is 3. The third kappa shape index (κ3) is 23.8. The van der Waals surface area contributed by atoms with E-state index in [-0.39, 0.29) is 0 Å². The summed E-state index contributed by atoms with van der Waals surface area (Å²) in [6.45, 7) is 8.14. The van der Waals surface area contributed by atoms with Crippen LogP contribution in [0.2, 0.25) is 0 Å². The van der Waals surface area contributed by atoms with E-state index in [2.05, 4.69) is 43.8 Å².